The van der Waals surface area contributed by atoms with E-state index in [4.69, 9.17) is 4.74 Å². The average Bonchev–Trinajstić information content (AvgIpc) is 3.23. The van der Waals surface area contributed by atoms with Gasteiger partial charge in [0.2, 0.25) is 0 Å². The van der Waals surface area contributed by atoms with Gasteiger partial charge in [-0.05, 0) is 105 Å². The quantitative estimate of drug-likeness (QED) is 0.293. The molecule has 0 aliphatic carbocycles. The molecule has 3 aromatic carbocycles. The molecule has 1 unspecified atom stereocenters. The molecule has 1 saturated heterocycles. The van der Waals surface area contributed by atoms with E-state index in [0.29, 0.717) is 11.1 Å². The summed E-state index contributed by atoms with van der Waals surface area (Å²) >= 11 is 1.46. The van der Waals surface area contributed by atoms with Crippen molar-refractivity contribution < 1.29 is 19.7 Å². The van der Waals surface area contributed by atoms with E-state index in [2.05, 4.69) is 11.8 Å². The van der Waals surface area contributed by atoms with Crippen LogP contribution in [0, 0.1) is 0 Å². The van der Waals surface area contributed by atoms with Gasteiger partial charge < -0.3 is 14.9 Å². The van der Waals surface area contributed by atoms with Gasteiger partial charge >= 0.3 is 0 Å². The summed E-state index contributed by atoms with van der Waals surface area (Å²) < 4.78 is 6.96. The summed E-state index contributed by atoms with van der Waals surface area (Å²) in [6, 6.07) is 19.3. The lowest BCUT2D eigenvalue weighted by molar-refractivity contribution is 0.104. The average molecular weight is 488 g/mol. The van der Waals surface area contributed by atoms with E-state index in [1.54, 1.807) is 42.5 Å². The molecule has 0 radical (unpaired) electrons. The third-order valence-corrected chi connectivity index (χ3v) is 7.65. The number of phenolic OH excluding ortho intramolecular Hbond substituents is 2. The van der Waals surface area contributed by atoms with Crippen LogP contribution in [0.5, 0.6) is 17.2 Å². The van der Waals surface area contributed by atoms with E-state index in [0.717, 1.165) is 45.9 Å². The van der Waals surface area contributed by atoms with E-state index in [9.17, 15) is 15.0 Å². The van der Waals surface area contributed by atoms with Gasteiger partial charge in [0.05, 0.1) is 0 Å². The maximum absolute atomic E-state index is 13.7. The molecule has 2 heterocycles. The molecule has 5 rings (SSSR count). The number of hydrogen-bond donors (Lipinski definition) is 2. The summed E-state index contributed by atoms with van der Waals surface area (Å²) in [6.45, 7) is 5.27. The number of aromatic hydroxyl groups is 2. The fourth-order valence-electron chi connectivity index (χ4n) is 4.73. The zero-order valence-corrected chi connectivity index (χ0v) is 20.6. The van der Waals surface area contributed by atoms with Crippen LogP contribution in [0.4, 0.5) is 0 Å². The van der Waals surface area contributed by atoms with Gasteiger partial charge in [-0.15, -0.1) is 11.3 Å². The molecule has 0 spiro atoms. The monoisotopic (exact) mass is 487 g/mol. The zero-order chi connectivity index (χ0) is 24.4. The molecular formula is C29H29NO4S. The second kappa shape index (κ2) is 10.1. The Bertz CT molecular complexity index is 1320. The number of carbonyl (C=O) groups is 1. The maximum atomic E-state index is 13.7. The first-order chi connectivity index (χ1) is 17.0. The topological polar surface area (TPSA) is 70.0 Å². The molecule has 1 atom stereocenters. The van der Waals surface area contributed by atoms with Gasteiger partial charge in [0.15, 0.2) is 5.78 Å². The van der Waals surface area contributed by atoms with Crippen LogP contribution in [0.15, 0.2) is 66.7 Å². The lowest BCUT2D eigenvalue weighted by Crippen LogP contribution is -2.37. The van der Waals surface area contributed by atoms with Crippen LogP contribution in [0.1, 0.15) is 42.1 Å². The number of benzene rings is 3. The predicted octanol–water partition coefficient (Wildman–Crippen LogP) is 6.46. The molecule has 4 aromatic rings. The van der Waals surface area contributed by atoms with E-state index >= 15 is 0 Å². The Morgan fingerprint density at radius 2 is 1.63 bits per heavy atom. The highest BCUT2D eigenvalue weighted by Gasteiger charge is 2.22. The lowest BCUT2D eigenvalue weighted by Gasteiger charge is -2.29. The molecule has 0 saturated carbocycles. The van der Waals surface area contributed by atoms with Crippen LogP contribution < -0.4 is 4.74 Å². The van der Waals surface area contributed by atoms with E-state index < -0.39 is 0 Å². The molecule has 0 bridgehead atoms. The van der Waals surface area contributed by atoms with Crippen LogP contribution in [0.2, 0.25) is 0 Å². The molecule has 1 aliphatic rings. The number of rotatable bonds is 7. The van der Waals surface area contributed by atoms with Gasteiger partial charge in [0.25, 0.3) is 0 Å². The highest BCUT2D eigenvalue weighted by atomic mass is 32.1. The minimum absolute atomic E-state index is 0.0734. The molecule has 1 aromatic heterocycles. The third-order valence-electron chi connectivity index (χ3n) is 6.45. The van der Waals surface area contributed by atoms with Crippen LogP contribution in [-0.2, 0) is 0 Å². The van der Waals surface area contributed by atoms with Gasteiger partial charge in [0.1, 0.15) is 23.4 Å². The van der Waals surface area contributed by atoms with Gasteiger partial charge in [-0.2, -0.15) is 0 Å². The molecule has 5 nitrogen and oxygen atoms in total. The third kappa shape index (κ3) is 5.19. The van der Waals surface area contributed by atoms with Gasteiger partial charge in [-0.3, -0.25) is 9.69 Å². The summed E-state index contributed by atoms with van der Waals surface area (Å²) in [5, 5.41) is 20.5. The van der Waals surface area contributed by atoms with E-state index in [1.165, 1.54) is 30.6 Å². The van der Waals surface area contributed by atoms with Crippen LogP contribution in [0.3, 0.4) is 0 Å². The number of ketones is 1. The molecule has 180 valence electrons. The number of fused-ring (bicyclic) bond motifs is 1. The summed E-state index contributed by atoms with van der Waals surface area (Å²) in [5.74, 6) is 1.00. The Morgan fingerprint density at radius 1 is 0.943 bits per heavy atom. The minimum Gasteiger partial charge on any atom is -0.508 e. The van der Waals surface area contributed by atoms with Crippen molar-refractivity contribution in [3.63, 3.8) is 0 Å². The van der Waals surface area contributed by atoms with Gasteiger partial charge in [0, 0.05) is 32.6 Å². The van der Waals surface area contributed by atoms with E-state index in [1.807, 2.05) is 24.3 Å². The molecule has 35 heavy (non-hydrogen) atoms. The summed E-state index contributed by atoms with van der Waals surface area (Å²) in [6.07, 6.45) is 3.90. The van der Waals surface area contributed by atoms with Crippen molar-refractivity contribution in [1.29, 1.82) is 0 Å². The molecule has 1 fully saturated rings. The number of carbonyl (C=O) groups excluding carboxylic acids is 1. The van der Waals surface area contributed by atoms with Crippen molar-refractivity contribution in [2.75, 3.05) is 19.6 Å². The first-order valence-corrected chi connectivity index (χ1v) is 12.9. The first-order valence-electron chi connectivity index (χ1n) is 12.1. The number of thiophene rings is 1. The Labute approximate surface area is 209 Å². The molecule has 2 N–H and O–H groups in total. The number of piperidine rings is 1. The Balaban J connectivity index is 1.40. The number of nitrogens with zero attached hydrogens (tertiary/aromatic N) is 1. The number of ether oxygens (including phenoxy) is 1. The highest BCUT2D eigenvalue weighted by molar-refractivity contribution is 7.22. The summed E-state index contributed by atoms with van der Waals surface area (Å²) in [5.41, 5.74) is 2.02. The van der Waals surface area contributed by atoms with Gasteiger partial charge in [-0.1, -0.05) is 6.42 Å². The largest absolute Gasteiger partial charge is 0.508 e. The fourth-order valence-corrected chi connectivity index (χ4v) is 5.97. The molecule has 0 amide bonds. The van der Waals surface area contributed by atoms with E-state index in [-0.39, 0.29) is 23.4 Å². The maximum Gasteiger partial charge on any atom is 0.195 e. The van der Waals surface area contributed by atoms with Crippen LogP contribution >= 0.6 is 11.3 Å². The normalized spacial score (nSPS) is 15.2. The van der Waals surface area contributed by atoms with Crippen molar-refractivity contribution in [2.24, 2.45) is 0 Å². The van der Waals surface area contributed by atoms with Crippen LogP contribution in [-0.4, -0.2) is 46.6 Å². The molecule has 6 heteroatoms. The number of phenols is 2. The Morgan fingerprint density at radius 3 is 2.34 bits per heavy atom. The Kier molecular flexibility index (Phi) is 6.75. The van der Waals surface area contributed by atoms with Crippen molar-refractivity contribution in [3.8, 4) is 27.7 Å². The summed E-state index contributed by atoms with van der Waals surface area (Å²) in [4.78, 5) is 17.0. The summed E-state index contributed by atoms with van der Waals surface area (Å²) in [7, 11) is 0. The van der Waals surface area contributed by atoms with Gasteiger partial charge in [-0.25, -0.2) is 0 Å². The first kappa shape index (κ1) is 23.4. The van der Waals surface area contributed by atoms with Crippen molar-refractivity contribution in [2.45, 2.75) is 32.3 Å². The number of hydrogen-bond acceptors (Lipinski definition) is 6. The van der Waals surface area contributed by atoms with Crippen molar-refractivity contribution in [1.82, 2.24) is 4.90 Å². The zero-order valence-electron chi connectivity index (χ0n) is 19.7. The highest BCUT2D eigenvalue weighted by Crippen LogP contribution is 2.41. The minimum atomic E-state index is -0.0853. The molecular weight excluding hydrogens is 458 g/mol. The smallest absolute Gasteiger partial charge is 0.195 e. The van der Waals surface area contributed by atoms with Crippen LogP contribution in [0.25, 0.3) is 20.5 Å². The molecule has 1 aliphatic heterocycles. The fraction of sp³-hybridized carbons (Fsp3) is 0.276. The van der Waals surface area contributed by atoms with Crippen molar-refractivity contribution in [3.05, 3.63) is 77.9 Å². The number of likely N-dealkylation sites (tertiary alicyclic amines) is 1. The standard InChI is InChI=1S/C29H29NO4S/c1-19(18-30-15-3-2-4-16-30)34-24-12-7-20(8-13-24)28(33)27-25-14-11-23(32)17-26(25)35-29(27)21-5-9-22(31)10-6-21/h5-14,17,19,31-32H,2-4,15-16,18H2,1H3. The second-order valence-electron chi connectivity index (χ2n) is 9.18. The predicted molar refractivity (Wildman–Crippen MR) is 141 cm³/mol. The second-order valence-corrected chi connectivity index (χ2v) is 10.2. The van der Waals surface area contributed by atoms with Crippen molar-refractivity contribution >= 4 is 27.2 Å². The SMILES string of the molecule is CC(CN1CCCCC1)Oc1ccc(C(=O)c2c(-c3ccc(O)cc3)sc3cc(O)ccc23)cc1. The Hall–Kier alpha value is -3.35. The lowest BCUT2D eigenvalue weighted by atomic mass is 9.97.